The van der Waals surface area contributed by atoms with Gasteiger partial charge < -0.3 is 5.32 Å². The third kappa shape index (κ3) is 2.79. The standard InChI is InChI=1S/C14H16ClN3O/c1-9-13(10(2)18(3)17-9)16-14(19)12-6-4-11(8-15)5-7-12/h4-7H,8H2,1-3H3,(H,16,19). The van der Waals surface area contributed by atoms with Crippen LogP contribution in [0.3, 0.4) is 0 Å². The van der Waals surface area contributed by atoms with E-state index in [1.165, 1.54) is 0 Å². The second kappa shape index (κ2) is 5.45. The van der Waals surface area contributed by atoms with Gasteiger partial charge in [-0.3, -0.25) is 9.48 Å². The Labute approximate surface area is 117 Å². The highest BCUT2D eigenvalue weighted by molar-refractivity contribution is 6.17. The van der Waals surface area contributed by atoms with E-state index >= 15 is 0 Å². The lowest BCUT2D eigenvalue weighted by molar-refractivity contribution is 0.102. The number of aryl methyl sites for hydroxylation is 2. The van der Waals surface area contributed by atoms with Crippen LogP contribution >= 0.6 is 11.6 Å². The Morgan fingerprint density at radius 1 is 1.32 bits per heavy atom. The van der Waals surface area contributed by atoms with E-state index in [2.05, 4.69) is 10.4 Å². The molecule has 0 atom stereocenters. The van der Waals surface area contributed by atoms with E-state index in [1.807, 2.05) is 33.0 Å². The minimum absolute atomic E-state index is 0.139. The highest BCUT2D eigenvalue weighted by atomic mass is 35.5. The van der Waals surface area contributed by atoms with Gasteiger partial charge in [-0.1, -0.05) is 12.1 Å². The van der Waals surface area contributed by atoms with E-state index in [1.54, 1.807) is 16.8 Å². The minimum atomic E-state index is -0.139. The Kier molecular flexibility index (Phi) is 3.90. The number of nitrogens with zero attached hydrogens (tertiary/aromatic N) is 2. The summed E-state index contributed by atoms with van der Waals surface area (Å²) in [5, 5.41) is 7.17. The van der Waals surface area contributed by atoms with Crippen molar-refractivity contribution in [2.45, 2.75) is 19.7 Å². The summed E-state index contributed by atoms with van der Waals surface area (Å²) in [5.74, 6) is 0.309. The van der Waals surface area contributed by atoms with Crippen molar-refractivity contribution in [1.29, 1.82) is 0 Å². The molecule has 4 nitrogen and oxygen atoms in total. The molecule has 1 amide bonds. The Bertz CT molecular complexity index is 602. The maximum absolute atomic E-state index is 12.1. The quantitative estimate of drug-likeness (QED) is 0.877. The zero-order valence-electron chi connectivity index (χ0n) is 11.2. The summed E-state index contributed by atoms with van der Waals surface area (Å²) in [5.41, 5.74) is 4.12. The van der Waals surface area contributed by atoms with E-state index in [0.717, 1.165) is 22.6 Å². The molecule has 100 valence electrons. The van der Waals surface area contributed by atoms with E-state index < -0.39 is 0 Å². The molecule has 0 aliphatic heterocycles. The number of carbonyl (C=O) groups excluding carboxylic acids is 1. The van der Waals surface area contributed by atoms with Gasteiger partial charge in [0.25, 0.3) is 5.91 Å². The first-order chi connectivity index (χ1) is 9.02. The van der Waals surface area contributed by atoms with E-state index in [0.29, 0.717) is 11.4 Å². The summed E-state index contributed by atoms with van der Waals surface area (Å²) in [6.45, 7) is 3.80. The first-order valence-electron chi connectivity index (χ1n) is 5.99. The van der Waals surface area contributed by atoms with Gasteiger partial charge in [0, 0.05) is 18.5 Å². The molecule has 1 aromatic carbocycles. The van der Waals surface area contributed by atoms with Gasteiger partial charge in [0.05, 0.1) is 17.1 Å². The van der Waals surface area contributed by atoms with Gasteiger partial charge in [-0.25, -0.2) is 0 Å². The number of aromatic nitrogens is 2. The SMILES string of the molecule is Cc1nn(C)c(C)c1NC(=O)c1ccc(CCl)cc1. The van der Waals surface area contributed by atoms with Crippen molar-refractivity contribution in [1.82, 2.24) is 9.78 Å². The van der Waals surface area contributed by atoms with Gasteiger partial charge in [0.1, 0.15) is 0 Å². The number of anilines is 1. The van der Waals surface area contributed by atoms with E-state index in [4.69, 9.17) is 11.6 Å². The van der Waals surface area contributed by atoms with Crippen LogP contribution < -0.4 is 5.32 Å². The summed E-state index contributed by atoms with van der Waals surface area (Å²) in [6.07, 6.45) is 0. The largest absolute Gasteiger partial charge is 0.319 e. The molecule has 19 heavy (non-hydrogen) atoms. The van der Waals surface area contributed by atoms with Crippen molar-refractivity contribution in [2.75, 3.05) is 5.32 Å². The van der Waals surface area contributed by atoms with Crippen molar-refractivity contribution in [3.05, 3.63) is 46.8 Å². The molecule has 1 N–H and O–H groups in total. The fourth-order valence-corrected chi connectivity index (χ4v) is 2.06. The molecule has 0 aliphatic carbocycles. The summed E-state index contributed by atoms with van der Waals surface area (Å²) in [7, 11) is 1.85. The molecule has 0 unspecified atom stereocenters. The number of hydrogen-bond donors (Lipinski definition) is 1. The summed E-state index contributed by atoms with van der Waals surface area (Å²) < 4.78 is 1.75. The van der Waals surface area contributed by atoms with Crippen LogP contribution in [0.25, 0.3) is 0 Å². The number of benzene rings is 1. The van der Waals surface area contributed by atoms with Gasteiger partial charge in [0.15, 0.2) is 0 Å². The van der Waals surface area contributed by atoms with Crippen LogP contribution in [0, 0.1) is 13.8 Å². The number of rotatable bonds is 3. The Balaban J connectivity index is 2.20. The highest BCUT2D eigenvalue weighted by Gasteiger charge is 2.13. The average Bonchev–Trinajstić information content (AvgIpc) is 2.65. The summed E-state index contributed by atoms with van der Waals surface area (Å²) in [4.78, 5) is 12.1. The molecule has 2 aromatic rings. The van der Waals surface area contributed by atoms with Crippen molar-refractivity contribution >= 4 is 23.2 Å². The lowest BCUT2D eigenvalue weighted by Gasteiger charge is -2.06. The Morgan fingerprint density at radius 3 is 2.42 bits per heavy atom. The van der Waals surface area contributed by atoms with Gasteiger partial charge in [-0.05, 0) is 31.5 Å². The maximum atomic E-state index is 12.1. The van der Waals surface area contributed by atoms with E-state index in [-0.39, 0.29) is 5.91 Å². The molecule has 0 saturated carbocycles. The molecule has 0 radical (unpaired) electrons. The number of nitrogens with one attached hydrogen (secondary N) is 1. The van der Waals surface area contributed by atoms with Gasteiger partial charge >= 0.3 is 0 Å². The number of hydrogen-bond acceptors (Lipinski definition) is 2. The number of halogens is 1. The molecule has 0 bridgehead atoms. The fourth-order valence-electron chi connectivity index (χ4n) is 1.89. The fraction of sp³-hybridized carbons (Fsp3) is 0.286. The van der Waals surface area contributed by atoms with E-state index in [9.17, 15) is 4.79 Å². The number of carbonyl (C=O) groups is 1. The normalized spacial score (nSPS) is 10.5. The van der Waals surface area contributed by atoms with Gasteiger partial charge in [-0.2, -0.15) is 5.10 Å². The van der Waals surface area contributed by atoms with Crippen LogP contribution in [0.15, 0.2) is 24.3 Å². The zero-order valence-corrected chi connectivity index (χ0v) is 12.0. The molecule has 5 heteroatoms. The first kappa shape index (κ1) is 13.6. The van der Waals surface area contributed by atoms with Crippen molar-refractivity contribution < 1.29 is 4.79 Å². The molecular formula is C14H16ClN3O. The predicted octanol–water partition coefficient (Wildman–Crippen LogP) is 3.03. The van der Waals surface area contributed by atoms with Crippen molar-refractivity contribution in [2.24, 2.45) is 7.05 Å². The van der Waals surface area contributed by atoms with Crippen molar-refractivity contribution in [3.8, 4) is 0 Å². The van der Waals surface area contributed by atoms with Crippen LogP contribution in [0.5, 0.6) is 0 Å². The maximum Gasteiger partial charge on any atom is 0.255 e. The molecule has 0 spiro atoms. The van der Waals surface area contributed by atoms with Crippen LogP contribution in [0.1, 0.15) is 27.3 Å². The first-order valence-corrected chi connectivity index (χ1v) is 6.53. The lowest BCUT2D eigenvalue weighted by atomic mass is 10.1. The van der Waals surface area contributed by atoms with Crippen LogP contribution in [0.2, 0.25) is 0 Å². The smallest absolute Gasteiger partial charge is 0.255 e. The Morgan fingerprint density at radius 2 is 1.95 bits per heavy atom. The van der Waals surface area contributed by atoms with Crippen LogP contribution in [-0.2, 0) is 12.9 Å². The third-order valence-electron chi connectivity index (χ3n) is 3.12. The second-order valence-electron chi connectivity index (χ2n) is 4.45. The summed E-state index contributed by atoms with van der Waals surface area (Å²) >= 11 is 5.72. The second-order valence-corrected chi connectivity index (χ2v) is 4.72. The van der Waals surface area contributed by atoms with Gasteiger partial charge in [-0.15, -0.1) is 11.6 Å². The predicted molar refractivity (Wildman–Crippen MR) is 76.6 cm³/mol. The summed E-state index contributed by atoms with van der Waals surface area (Å²) in [6, 6.07) is 7.25. The lowest BCUT2D eigenvalue weighted by Crippen LogP contribution is -2.13. The number of alkyl halides is 1. The Hall–Kier alpha value is -1.81. The highest BCUT2D eigenvalue weighted by Crippen LogP contribution is 2.19. The molecule has 0 aliphatic rings. The average molecular weight is 278 g/mol. The topological polar surface area (TPSA) is 46.9 Å². The molecular weight excluding hydrogens is 262 g/mol. The van der Waals surface area contributed by atoms with Crippen LogP contribution in [0.4, 0.5) is 5.69 Å². The molecule has 2 rings (SSSR count). The van der Waals surface area contributed by atoms with Crippen LogP contribution in [-0.4, -0.2) is 15.7 Å². The monoisotopic (exact) mass is 277 g/mol. The zero-order chi connectivity index (χ0) is 14.0. The molecule has 1 aromatic heterocycles. The van der Waals surface area contributed by atoms with Crippen molar-refractivity contribution in [3.63, 3.8) is 0 Å². The van der Waals surface area contributed by atoms with Gasteiger partial charge in [0.2, 0.25) is 0 Å². The number of amides is 1. The molecule has 0 fully saturated rings. The molecule has 0 saturated heterocycles. The third-order valence-corrected chi connectivity index (χ3v) is 3.43. The molecule has 1 heterocycles. The minimum Gasteiger partial charge on any atom is -0.319 e.